The van der Waals surface area contributed by atoms with E-state index in [9.17, 15) is 0 Å². The molecule has 0 atom stereocenters. The van der Waals surface area contributed by atoms with Crippen LogP contribution < -0.4 is 0 Å². The van der Waals surface area contributed by atoms with Crippen LogP contribution in [0.2, 0.25) is 0 Å². The molecule has 0 amide bonds. The third-order valence-corrected chi connectivity index (χ3v) is 6.43. The Morgan fingerprint density at radius 3 is 2.14 bits per heavy atom. The molecule has 0 spiro atoms. The number of hydrogen-bond acceptors (Lipinski definition) is 4. The molecule has 2 aromatic heterocycles. The van der Waals surface area contributed by atoms with Gasteiger partial charge in [0.15, 0.2) is 4.77 Å². The van der Waals surface area contributed by atoms with E-state index in [1.54, 1.807) is 11.3 Å². The highest BCUT2D eigenvalue weighted by Gasteiger charge is 2.20. The van der Waals surface area contributed by atoms with Crippen LogP contribution in [-0.4, -0.2) is 26.3 Å². The average Bonchev–Trinajstić information content (AvgIpc) is 3.34. The van der Waals surface area contributed by atoms with Crippen molar-refractivity contribution in [2.45, 2.75) is 19.1 Å². The minimum absolute atomic E-state index is 0.127. The minimum Gasteiger partial charge on any atom is -0.307 e. The van der Waals surface area contributed by atoms with Crippen LogP contribution in [0.15, 0.2) is 78.2 Å². The molecule has 4 rings (SSSR count). The van der Waals surface area contributed by atoms with Crippen molar-refractivity contribution in [2.75, 3.05) is 7.05 Å². The molecule has 4 nitrogen and oxygen atoms in total. The molecule has 0 fully saturated rings. The normalized spacial score (nSPS) is 11.4. The summed E-state index contributed by atoms with van der Waals surface area (Å²) in [5.74, 6) is 0.988. The lowest BCUT2D eigenvalue weighted by molar-refractivity contribution is 0.207. The molecule has 0 saturated heterocycles. The first-order valence-corrected chi connectivity index (χ1v) is 10.9. The van der Waals surface area contributed by atoms with E-state index in [1.165, 1.54) is 16.0 Å². The monoisotopic (exact) mass is 420 g/mol. The molecule has 6 heteroatoms. The molecular weight excluding hydrogens is 396 g/mol. The quantitative estimate of drug-likeness (QED) is 0.380. The summed E-state index contributed by atoms with van der Waals surface area (Å²) < 4.78 is 4.68. The Hall–Kier alpha value is -2.54. The Morgan fingerprint density at radius 1 is 0.966 bits per heavy atom. The van der Waals surface area contributed by atoms with Gasteiger partial charge in [0.25, 0.3) is 0 Å². The maximum Gasteiger partial charge on any atom is 0.198 e. The van der Waals surface area contributed by atoms with Gasteiger partial charge in [-0.05, 0) is 41.8 Å². The van der Waals surface area contributed by atoms with Crippen molar-refractivity contribution in [3.8, 4) is 0 Å². The number of benzene rings is 2. The van der Waals surface area contributed by atoms with E-state index in [-0.39, 0.29) is 6.04 Å². The minimum atomic E-state index is 0.127. The van der Waals surface area contributed by atoms with E-state index in [2.05, 4.69) is 90.1 Å². The zero-order valence-electron chi connectivity index (χ0n) is 16.6. The van der Waals surface area contributed by atoms with Gasteiger partial charge in [-0.3, -0.25) is 4.90 Å². The molecule has 2 aromatic carbocycles. The predicted octanol–water partition coefficient (Wildman–Crippen LogP) is 5.28. The van der Waals surface area contributed by atoms with Crippen LogP contribution in [0.1, 0.15) is 27.9 Å². The van der Waals surface area contributed by atoms with Crippen molar-refractivity contribution >= 4 is 23.6 Å². The summed E-state index contributed by atoms with van der Waals surface area (Å²) in [6.07, 6.45) is 0.801. The Labute approximate surface area is 180 Å². The Bertz CT molecular complexity index is 1060. The van der Waals surface area contributed by atoms with Crippen LogP contribution in [0.4, 0.5) is 0 Å². The lowest BCUT2D eigenvalue weighted by Crippen LogP contribution is -2.28. The first-order valence-electron chi connectivity index (χ1n) is 9.58. The largest absolute Gasteiger partial charge is 0.307 e. The second-order valence-electron chi connectivity index (χ2n) is 7.14. The van der Waals surface area contributed by atoms with Crippen molar-refractivity contribution in [3.63, 3.8) is 0 Å². The number of aromatic nitrogens is 3. The van der Waals surface area contributed by atoms with Gasteiger partial charge in [0.2, 0.25) is 0 Å². The summed E-state index contributed by atoms with van der Waals surface area (Å²) in [6, 6.07) is 25.5. The molecular formula is C23H24N4S2. The topological polar surface area (TPSA) is 26.0 Å². The maximum atomic E-state index is 5.69. The lowest BCUT2D eigenvalue weighted by atomic mass is 9.98. The van der Waals surface area contributed by atoms with Crippen molar-refractivity contribution in [3.05, 3.63) is 105 Å². The molecule has 29 heavy (non-hydrogen) atoms. The number of hydrogen-bond donors (Lipinski definition) is 0. The Balaban J connectivity index is 1.63. The first-order chi connectivity index (χ1) is 14.1. The summed E-state index contributed by atoms with van der Waals surface area (Å²) in [5.41, 5.74) is 2.50. The van der Waals surface area contributed by atoms with Gasteiger partial charge in [0.1, 0.15) is 5.82 Å². The van der Waals surface area contributed by atoms with Gasteiger partial charge in [-0.25, -0.2) is 4.68 Å². The fourth-order valence-corrected chi connectivity index (χ4v) is 4.52. The number of rotatable bonds is 7. The van der Waals surface area contributed by atoms with Crippen molar-refractivity contribution in [1.82, 2.24) is 19.2 Å². The van der Waals surface area contributed by atoms with Crippen LogP contribution in [0, 0.1) is 4.77 Å². The summed E-state index contributed by atoms with van der Waals surface area (Å²) >= 11 is 7.44. The highest BCUT2D eigenvalue weighted by Crippen LogP contribution is 2.28. The number of thiophene rings is 1. The van der Waals surface area contributed by atoms with E-state index < -0.39 is 0 Å². The van der Waals surface area contributed by atoms with Crippen molar-refractivity contribution in [2.24, 2.45) is 7.05 Å². The first kappa shape index (κ1) is 19.8. The van der Waals surface area contributed by atoms with Gasteiger partial charge in [-0.15, -0.1) is 11.3 Å². The molecule has 148 valence electrons. The standard InChI is InChI=1S/C23H24N4S2/c1-25(22(18-10-5-3-6-11-18)19-12-7-4-8-13-19)17-27-23(28)26(2)21(24-27)16-20-14-9-15-29-20/h3-15,22H,16-17H2,1-2H3. The highest BCUT2D eigenvalue weighted by molar-refractivity contribution is 7.71. The summed E-state index contributed by atoms with van der Waals surface area (Å²) in [7, 11) is 4.13. The van der Waals surface area contributed by atoms with Crippen molar-refractivity contribution < 1.29 is 0 Å². The van der Waals surface area contributed by atoms with E-state index in [0.29, 0.717) is 6.67 Å². The molecule has 0 aliphatic rings. The van der Waals surface area contributed by atoms with Gasteiger partial charge in [-0.2, -0.15) is 5.10 Å². The molecule has 0 radical (unpaired) electrons. The predicted molar refractivity (Wildman–Crippen MR) is 122 cm³/mol. The van der Waals surface area contributed by atoms with Crippen molar-refractivity contribution in [1.29, 1.82) is 0 Å². The molecule has 0 bridgehead atoms. The average molecular weight is 421 g/mol. The van der Waals surface area contributed by atoms with Crippen LogP contribution in [0.3, 0.4) is 0 Å². The summed E-state index contributed by atoms with van der Waals surface area (Å²) in [5, 5.41) is 6.93. The van der Waals surface area contributed by atoms with E-state index >= 15 is 0 Å². The number of nitrogens with zero attached hydrogens (tertiary/aromatic N) is 4. The van der Waals surface area contributed by atoms with Gasteiger partial charge in [0, 0.05) is 18.3 Å². The van der Waals surface area contributed by atoms with Crippen LogP contribution in [-0.2, 0) is 20.1 Å². The van der Waals surface area contributed by atoms with Gasteiger partial charge < -0.3 is 4.57 Å². The Morgan fingerprint density at radius 2 is 1.59 bits per heavy atom. The summed E-state index contributed by atoms with van der Waals surface area (Å²) in [4.78, 5) is 3.59. The molecule has 0 aliphatic heterocycles. The SMILES string of the molecule is CN(Cn1nc(Cc2cccs2)n(C)c1=S)C(c1ccccc1)c1ccccc1. The fraction of sp³-hybridized carbons (Fsp3) is 0.217. The van der Waals surface area contributed by atoms with Crippen LogP contribution >= 0.6 is 23.6 Å². The molecule has 4 aromatic rings. The second-order valence-corrected chi connectivity index (χ2v) is 8.53. The van der Waals surface area contributed by atoms with E-state index in [4.69, 9.17) is 17.3 Å². The smallest absolute Gasteiger partial charge is 0.198 e. The summed E-state index contributed by atoms with van der Waals surface area (Å²) in [6.45, 7) is 0.617. The maximum absolute atomic E-state index is 5.69. The fourth-order valence-electron chi connectivity index (χ4n) is 3.61. The van der Waals surface area contributed by atoms with Gasteiger partial charge in [0.05, 0.1) is 12.7 Å². The lowest BCUT2D eigenvalue weighted by Gasteiger charge is -2.28. The molecule has 0 unspecified atom stereocenters. The highest BCUT2D eigenvalue weighted by atomic mass is 32.1. The van der Waals surface area contributed by atoms with Gasteiger partial charge >= 0.3 is 0 Å². The third-order valence-electron chi connectivity index (χ3n) is 5.07. The molecule has 0 N–H and O–H groups in total. The zero-order valence-corrected chi connectivity index (χ0v) is 18.2. The molecule has 0 saturated carbocycles. The van der Waals surface area contributed by atoms with E-state index in [0.717, 1.165) is 17.0 Å². The third kappa shape index (κ3) is 4.40. The van der Waals surface area contributed by atoms with E-state index in [1.807, 2.05) is 16.3 Å². The van der Waals surface area contributed by atoms with Crippen LogP contribution in [0.25, 0.3) is 0 Å². The molecule has 0 aliphatic carbocycles. The Kier molecular flexibility index (Phi) is 6.04. The molecule has 2 heterocycles. The zero-order chi connectivity index (χ0) is 20.2. The van der Waals surface area contributed by atoms with Crippen LogP contribution in [0.5, 0.6) is 0 Å². The van der Waals surface area contributed by atoms with Gasteiger partial charge in [-0.1, -0.05) is 66.7 Å². The second kappa shape index (κ2) is 8.86.